The topological polar surface area (TPSA) is 68.5 Å². The van der Waals surface area contributed by atoms with E-state index in [2.05, 4.69) is 0 Å². The molecule has 1 N–H and O–H groups in total. The van der Waals surface area contributed by atoms with Gasteiger partial charge >= 0.3 is 5.97 Å². The van der Waals surface area contributed by atoms with Gasteiger partial charge in [0.1, 0.15) is 11.8 Å². The van der Waals surface area contributed by atoms with E-state index in [1.165, 1.54) is 28.3 Å². The minimum atomic E-state index is -1.11. The van der Waals surface area contributed by atoms with Crippen molar-refractivity contribution in [2.45, 2.75) is 19.1 Å². The molecule has 0 aliphatic carbocycles. The zero-order valence-electron chi connectivity index (χ0n) is 11.4. The van der Waals surface area contributed by atoms with E-state index in [1.54, 1.807) is 0 Å². The number of rotatable bonds is 3. The summed E-state index contributed by atoms with van der Waals surface area (Å²) in [5, 5.41) is 9.21. The fraction of sp³-hybridized carbons (Fsp3) is 0.250. The average molecular weight is 285 g/mol. The Kier molecular flexibility index (Phi) is 3.58. The van der Waals surface area contributed by atoms with Crippen LogP contribution in [-0.4, -0.2) is 22.2 Å². The van der Waals surface area contributed by atoms with Crippen LogP contribution in [0.1, 0.15) is 27.7 Å². The second-order valence-corrected chi connectivity index (χ2v) is 4.97. The summed E-state index contributed by atoms with van der Waals surface area (Å²) in [6.45, 7) is 0.782. The highest BCUT2D eigenvalue weighted by Gasteiger charge is 2.23. The third kappa shape index (κ3) is 2.60. The molecule has 21 heavy (non-hydrogen) atoms. The summed E-state index contributed by atoms with van der Waals surface area (Å²) in [6, 6.07) is 12.1. The molecule has 108 valence electrons. The van der Waals surface area contributed by atoms with Crippen LogP contribution in [0.2, 0.25) is 0 Å². The van der Waals surface area contributed by atoms with Crippen molar-refractivity contribution >= 4 is 5.97 Å². The van der Waals surface area contributed by atoms with Gasteiger partial charge in [0.05, 0.1) is 13.2 Å². The number of carboxylic acid groups (broad SMARTS) is 1. The van der Waals surface area contributed by atoms with Crippen molar-refractivity contribution in [2.24, 2.45) is 0 Å². The van der Waals surface area contributed by atoms with Crippen LogP contribution in [0, 0.1) is 0 Å². The second-order valence-electron chi connectivity index (χ2n) is 4.97. The van der Waals surface area contributed by atoms with Gasteiger partial charge in [0.15, 0.2) is 0 Å². The number of carboxylic acids is 1. The molecule has 0 fully saturated rings. The molecular weight excluding hydrogens is 270 g/mol. The maximum absolute atomic E-state index is 12.0. The Morgan fingerprint density at radius 3 is 2.86 bits per heavy atom. The van der Waals surface area contributed by atoms with Crippen LogP contribution in [0.15, 0.2) is 47.3 Å². The molecule has 5 nitrogen and oxygen atoms in total. The van der Waals surface area contributed by atoms with Gasteiger partial charge in [-0.15, -0.1) is 0 Å². The maximum Gasteiger partial charge on any atom is 0.352 e. The molecule has 1 aromatic carbocycles. The van der Waals surface area contributed by atoms with Gasteiger partial charge in [-0.3, -0.25) is 9.36 Å². The highest BCUT2D eigenvalue weighted by atomic mass is 16.5. The van der Waals surface area contributed by atoms with Crippen LogP contribution in [-0.2, 0) is 17.7 Å². The Morgan fingerprint density at radius 1 is 1.24 bits per heavy atom. The summed E-state index contributed by atoms with van der Waals surface area (Å²) in [6.07, 6.45) is 0.537. The quantitative estimate of drug-likeness (QED) is 0.934. The number of ether oxygens (including phenoxy) is 1. The number of pyridine rings is 1. The first-order chi connectivity index (χ1) is 10.2. The first-order valence-corrected chi connectivity index (χ1v) is 6.79. The van der Waals surface area contributed by atoms with Gasteiger partial charge in [0.25, 0.3) is 5.56 Å². The molecule has 0 radical (unpaired) electrons. The Morgan fingerprint density at radius 2 is 2.05 bits per heavy atom. The normalized spacial score (nSPS) is 17.2. The molecule has 0 amide bonds. The number of hydrogen-bond acceptors (Lipinski definition) is 3. The molecule has 1 aliphatic rings. The molecule has 5 heteroatoms. The van der Waals surface area contributed by atoms with Crippen LogP contribution < -0.4 is 5.56 Å². The number of benzene rings is 1. The van der Waals surface area contributed by atoms with Gasteiger partial charge in [0, 0.05) is 6.07 Å². The lowest BCUT2D eigenvalue weighted by atomic mass is 9.97. The summed E-state index contributed by atoms with van der Waals surface area (Å²) in [5.41, 5.74) is 1.86. The average Bonchev–Trinajstić information content (AvgIpc) is 2.49. The first-order valence-electron chi connectivity index (χ1n) is 6.79. The third-order valence-corrected chi connectivity index (χ3v) is 3.71. The van der Waals surface area contributed by atoms with Crippen LogP contribution in [0.5, 0.6) is 0 Å². The number of hydrogen-bond donors (Lipinski definition) is 1. The predicted molar refractivity (Wildman–Crippen MR) is 76.5 cm³/mol. The van der Waals surface area contributed by atoms with Gasteiger partial charge in [-0.1, -0.05) is 30.3 Å². The van der Waals surface area contributed by atoms with E-state index in [0.29, 0.717) is 6.61 Å². The summed E-state index contributed by atoms with van der Waals surface area (Å²) in [7, 11) is 0. The molecule has 0 spiro atoms. The summed E-state index contributed by atoms with van der Waals surface area (Å²) < 4.78 is 7.00. The largest absolute Gasteiger partial charge is 0.477 e. The number of aromatic nitrogens is 1. The van der Waals surface area contributed by atoms with E-state index < -0.39 is 5.97 Å². The van der Waals surface area contributed by atoms with Crippen LogP contribution in [0.25, 0.3) is 0 Å². The van der Waals surface area contributed by atoms with Crippen molar-refractivity contribution < 1.29 is 14.6 Å². The monoisotopic (exact) mass is 285 g/mol. The van der Waals surface area contributed by atoms with E-state index in [4.69, 9.17) is 4.74 Å². The first kappa shape index (κ1) is 13.6. The van der Waals surface area contributed by atoms with Gasteiger partial charge in [-0.05, 0) is 23.6 Å². The number of carbonyl (C=O) groups is 1. The zero-order valence-corrected chi connectivity index (χ0v) is 11.4. The Labute approximate surface area is 121 Å². The summed E-state index contributed by atoms with van der Waals surface area (Å²) in [5.74, 6) is -1.11. The molecule has 3 rings (SSSR count). The minimum absolute atomic E-state index is 0.0193. The molecule has 1 aromatic heterocycles. The summed E-state index contributed by atoms with van der Waals surface area (Å²) in [4.78, 5) is 23.2. The molecule has 0 bridgehead atoms. The van der Waals surface area contributed by atoms with Gasteiger partial charge in [0.2, 0.25) is 0 Å². The van der Waals surface area contributed by atoms with E-state index in [0.717, 1.165) is 12.0 Å². The number of aromatic carboxylic acids is 1. The Hall–Kier alpha value is -2.40. The second kappa shape index (κ2) is 5.54. The number of fused-ring (bicyclic) bond motifs is 1. The number of nitrogens with zero attached hydrogens (tertiary/aromatic N) is 1. The lowest BCUT2D eigenvalue weighted by Crippen LogP contribution is -2.30. The lowest BCUT2D eigenvalue weighted by Gasteiger charge is -2.27. The molecule has 0 saturated carbocycles. The fourth-order valence-electron chi connectivity index (χ4n) is 2.69. The third-order valence-electron chi connectivity index (χ3n) is 3.71. The Balaban J connectivity index is 1.99. The van der Waals surface area contributed by atoms with Gasteiger partial charge in [-0.25, -0.2) is 4.79 Å². The fourth-order valence-corrected chi connectivity index (χ4v) is 2.69. The van der Waals surface area contributed by atoms with Gasteiger partial charge < -0.3 is 9.84 Å². The van der Waals surface area contributed by atoms with Crippen molar-refractivity contribution in [2.75, 3.05) is 6.61 Å². The van der Waals surface area contributed by atoms with Crippen molar-refractivity contribution in [1.82, 2.24) is 4.57 Å². The highest BCUT2D eigenvalue weighted by molar-refractivity contribution is 5.85. The molecule has 2 heterocycles. The molecular formula is C16H15NO4. The molecule has 2 aromatic rings. The molecule has 1 atom stereocenters. The van der Waals surface area contributed by atoms with Crippen molar-refractivity contribution in [3.05, 3.63) is 69.6 Å². The van der Waals surface area contributed by atoms with E-state index in [1.807, 2.05) is 24.3 Å². The standard InChI is InChI=1S/C16H15NO4/c18-15-7-3-6-13(16(19)20)17(15)10-14-12-5-2-1-4-11(12)8-9-21-14/h1-7,14H,8-10H2,(H,19,20). The molecule has 1 aliphatic heterocycles. The van der Waals surface area contributed by atoms with Crippen molar-refractivity contribution in [1.29, 1.82) is 0 Å². The van der Waals surface area contributed by atoms with Crippen molar-refractivity contribution in [3.63, 3.8) is 0 Å². The lowest BCUT2D eigenvalue weighted by molar-refractivity contribution is 0.0287. The smallest absolute Gasteiger partial charge is 0.352 e. The minimum Gasteiger partial charge on any atom is -0.477 e. The van der Waals surface area contributed by atoms with Gasteiger partial charge in [-0.2, -0.15) is 0 Å². The van der Waals surface area contributed by atoms with Crippen LogP contribution in [0.4, 0.5) is 0 Å². The zero-order chi connectivity index (χ0) is 14.8. The SMILES string of the molecule is O=C(O)c1cccc(=O)n1CC1OCCc2ccccc21. The maximum atomic E-state index is 12.0. The predicted octanol–water partition coefficient (Wildman–Crippen LogP) is 1.86. The van der Waals surface area contributed by atoms with E-state index >= 15 is 0 Å². The van der Waals surface area contributed by atoms with Crippen LogP contribution in [0.3, 0.4) is 0 Å². The molecule has 1 unspecified atom stereocenters. The summed E-state index contributed by atoms with van der Waals surface area (Å²) >= 11 is 0. The van der Waals surface area contributed by atoms with Crippen molar-refractivity contribution in [3.8, 4) is 0 Å². The highest BCUT2D eigenvalue weighted by Crippen LogP contribution is 2.28. The van der Waals surface area contributed by atoms with E-state index in [9.17, 15) is 14.7 Å². The molecule has 0 saturated heterocycles. The van der Waals surface area contributed by atoms with E-state index in [-0.39, 0.29) is 23.9 Å². The van der Waals surface area contributed by atoms with Crippen LogP contribution >= 0.6 is 0 Å². The Bertz CT molecular complexity index is 735.